The van der Waals surface area contributed by atoms with Crippen molar-refractivity contribution in [3.8, 4) is 24.2 Å². The zero-order valence-corrected chi connectivity index (χ0v) is 13.0. The van der Waals surface area contributed by atoms with Gasteiger partial charge in [-0.15, -0.1) is 12.3 Å². The zero-order valence-electron chi connectivity index (χ0n) is 13.0. The smallest absolute Gasteiger partial charge is 0.148 e. The highest BCUT2D eigenvalue weighted by molar-refractivity contribution is 5.92. The molecule has 1 saturated heterocycles. The van der Waals surface area contributed by atoms with E-state index in [1.807, 2.05) is 0 Å². The van der Waals surface area contributed by atoms with E-state index in [9.17, 15) is 10.2 Å². The number of unbranched alkanes of at least 4 members (excludes halogenated alkanes) is 1. The second-order valence-corrected chi connectivity index (χ2v) is 5.53. The second-order valence-electron chi connectivity index (χ2n) is 5.53. The number of fused-ring (bicyclic) bond motifs is 1. The summed E-state index contributed by atoms with van der Waals surface area (Å²) in [5.41, 5.74) is 7.25. The number of terminal acetylenes is 1. The molecule has 2 aromatic rings. The molecule has 124 valence electrons. The van der Waals surface area contributed by atoms with E-state index >= 15 is 0 Å². The summed E-state index contributed by atoms with van der Waals surface area (Å²) in [7, 11) is 0. The summed E-state index contributed by atoms with van der Waals surface area (Å²) in [6.07, 6.45) is 8.10. The van der Waals surface area contributed by atoms with Crippen LogP contribution in [0.25, 0.3) is 11.0 Å². The van der Waals surface area contributed by atoms with Crippen LogP contribution >= 0.6 is 0 Å². The van der Waals surface area contributed by atoms with Crippen LogP contribution in [0.15, 0.2) is 12.5 Å². The molecule has 1 aliphatic rings. The number of nitrogens with two attached hydrogens (primary N) is 1. The van der Waals surface area contributed by atoms with Gasteiger partial charge in [0.05, 0.1) is 23.7 Å². The van der Waals surface area contributed by atoms with Crippen molar-refractivity contribution in [1.82, 2.24) is 14.5 Å². The van der Waals surface area contributed by atoms with Crippen molar-refractivity contribution < 1.29 is 14.9 Å². The number of rotatable bonds is 3. The van der Waals surface area contributed by atoms with Crippen LogP contribution in [0.3, 0.4) is 0 Å². The van der Waals surface area contributed by atoms with E-state index in [0.717, 1.165) is 0 Å². The molecule has 0 aliphatic carbocycles. The standard InChI is InChI=1S/C17H18N4O3/c1-2-3-4-5-6-11-8-21(14-7-12(23)13(9-22)24-14)17-15(11)16(18)19-10-20-17/h1,8,10,12-14,22-23H,3-4,7,9H2,(H2,18,19,20)/t12-,13+,14-/m0/s1. The van der Waals surface area contributed by atoms with Crippen molar-refractivity contribution in [2.24, 2.45) is 0 Å². The number of nitrogen functional groups attached to an aromatic ring is 1. The van der Waals surface area contributed by atoms with Gasteiger partial charge in [-0.05, 0) is 0 Å². The largest absolute Gasteiger partial charge is 0.394 e. The van der Waals surface area contributed by atoms with Gasteiger partial charge < -0.3 is 25.3 Å². The highest BCUT2D eigenvalue weighted by Gasteiger charge is 2.35. The van der Waals surface area contributed by atoms with Crippen LogP contribution in [-0.2, 0) is 4.74 Å². The molecule has 24 heavy (non-hydrogen) atoms. The van der Waals surface area contributed by atoms with Gasteiger partial charge in [-0.1, -0.05) is 11.8 Å². The number of ether oxygens (including phenoxy) is 1. The van der Waals surface area contributed by atoms with Gasteiger partial charge in [0.1, 0.15) is 30.1 Å². The Bertz CT molecular complexity index is 843. The maximum absolute atomic E-state index is 9.95. The predicted octanol–water partition coefficient (Wildman–Crippen LogP) is 0.419. The minimum absolute atomic E-state index is 0.243. The Morgan fingerprint density at radius 1 is 1.42 bits per heavy atom. The number of aliphatic hydroxyl groups excluding tert-OH is 2. The van der Waals surface area contributed by atoms with Crippen LogP contribution in [-0.4, -0.2) is 43.6 Å². The number of hydrogen-bond acceptors (Lipinski definition) is 6. The number of anilines is 1. The van der Waals surface area contributed by atoms with Crippen LogP contribution in [0.5, 0.6) is 0 Å². The first kappa shape index (κ1) is 16.3. The Morgan fingerprint density at radius 3 is 2.96 bits per heavy atom. The van der Waals surface area contributed by atoms with E-state index in [4.69, 9.17) is 16.9 Å². The summed E-state index contributed by atoms with van der Waals surface area (Å²) in [6, 6.07) is 0. The van der Waals surface area contributed by atoms with Crippen molar-refractivity contribution in [2.45, 2.75) is 37.7 Å². The second kappa shape index (κ2) is 6.90. The van der Waals surface area contributed by atoms with Crippen LogP contribution in [0.2, 0.25) is 0 Å². The Hall–Kier alpha value is -2.58. The fraction of sp³-hybridized carbons (Fsp3) is 0.412. The van der Waals surface area contributed by atoms with Gasteiger partial charge in [0, 0.05) is 25.5 Å². The van der Waals surface area contributed by atoms with Gasteiger partial charge in [0.2, 0.25) is 0 Å². The molecule has 0 radical (unpaired) electrons. The molecular weight excluding hydrogens is 308 g/mol. The maximum Gasteiger partial charge on any atom is 0.148 e. The predicted molar refractivity (Wildman–Crippen MR) is 88.5 cm³/mol. The third-order valence-corrected chi connectivity index (χ3v) is 3.95. The first-order chi connectivity index (χ1) is 11.7. The van der Waals surface area contributed by atoms with Crippen molar-refractivity contribution in [1.29, 1.82) is 0 Å². The molecule has 3 atom stereocenters. The average molecular weight is 326 g/mol. The lowest BCUT2D eigenvalue weighted by Crippen LogP contribution is -2.24. The first-order valence-corrected chi connectivity index (χ1v) is 7.63. The molecule has 0 saturated carbocycles. The van der Waals surface area contributed by atoms with E-state index in [2.05, 4.69) is 27.7 Å². The number of nitrogens with zero attached hydrogens (tertiary/aromatic N) is 3. The zero-order chi connectivity index (χ0) is 17.1. The van der Waals surface area contributed by atoms with E-state index in [0.29, 0.717) is 41.7 Å². The van der Waals surface area contributed by atoms with E-state index in [-0.39, 0.29) is 6.61 Å². The Labute approximate surface area is 139 Å². The number of aliphatic hydroxyl groups is 2. The van der Waals surface area contributed by atoms with E-state index < -0.39 is 18.4 Å². The minimum Gasteiger partial charge on any atom is -0.394 e. The molecule has 0 amide bonds. The monoisotopic (exact) mass is 326 g/mol. The fourth-order valence-corrected chi connectivity index (χ4v) is 2.77. The highest BCUT2D eigenvalue weighted by atomic mass is 16.5. The maximum atomic E-state index is 9.95. The van der Waals surface area contributed by atoms with Gasteiger partial charge in [0.25, 0.3) is 0 Å². The molecule has 7 heteroatoms. The summed E-state index contributed by atoms with van der Waals surface area (Å²) >= 11 is 0. The van der Waals surface area contributed by atoms with E-state index in [1.165, 1.54) is 6.33 Å². The molecule has 0 spiro atoms. The average Bonchev–Trinajstić information content (AvgIpc) is 3.13. The molecule has 3 heterocycles. The normalized spacial score (nSPS) is 23.0. The third-order valence-electron chi connectivity index (χ3n) is 3.95. The van der Waals surface area contributed by atoms with Crippen molar-refractivity contribution in [3.63, 3.8) is 0 Å². The lowest BCUT2D eigenvalue weighted by atomic mass is 10.2. The first-order valence-electron chi connectivity index (χ1n) is 7.63. The molecule has 1 aliphatic heterocycles. The van der Waals surface area contributed by atoms with Gasteiger partial charge in [0.15, 0.2) is 0 Å². The summed E-state index contributed by atoms with van der Waals surface area (Å²) in [6.45, 7) is -0.243. The Kier molecular flexibility index (Phi) is 4.68. The van der Waals surface area contributed by atoms with Gasteiger partial charge in [-0.3, -0.25) is 0 Å². The molecule has 0 aromatic carbocycles. The summed E-state index contributed by atoms with van der Waals surface area (Å²) < 4.78 is 7.48. The molecule has 0 bridgehead atoms. The van der Waals surface area contributed by atoms with Crippen LogP contribution in [0.1, 0.15) is 31.1 Å². The quantitative estimate of drug-likeness (QED) is 0.557. The third kappa shape index (κ3) is 2.93. The summed E-state index contributed by atoms with van der Waals surface area (Å²) in [5.74, 6) is 8.93. The van der Waals surface area contributed by atoms with Crippen molar-refractivity contribution >= 4 is 16.9 Å². The molecular formula is C17H18N4O3. The van der Waals surface area contributed by atoms with Gasteiger partial charge >= 0.3 is 0 Å². The fourth-order valence-electron chi connectivity index (χ4n) is 2.77. The van der Waals surface area contributed by atoms with Crippen LogP contribution < -0.4 is 5.73 Å². The van der Waals surface area contributed by atoms with Gasteiger partial charge in [-0.25, -0.2) is 9.97 Å². The highest BCUT2D eigenvalue weighted by Crippen LogP contribution is 2.33. The number of hydrogen-bond donors (Lipinski definition) is 3. The lowest BCUT2D eigenvalue weighted by molar-refractivity contribution is -0.0430. The Balaban J connectivity index is 2.01. The topological polar surface area (TPSA) is 106 Å². The molecule has 4 N–H and O–H groups in total. The molecule has 7 nitrogen and oxygen atoms in total. The van der Waals surface area contributed by atoms with Crippen molar-refractivity contribution in [2.75, 3.05) is 12.3 Å². The summed E-state index contributed by atoms with van der Waals surface area (Å²) in [5, 5.41) is 19.9. The van der Waals surface area contributed by atoms with Crippen LogP contribution in [0.4, 0.5) is 5.82 Å². The summed E-state index contributed by atoms with van der Waals surface area (Å²) in [4.78, 5) is 8.30. The van der Waals surface area contributed by atoms with Gasteiger partial charge in [-0.2, -0.15) is 0 Å². The molecule has 1 fully saturated rings. The Morgan fingerprint density at radius 2 is 2.25 bits per heavy atom. The SMILES string of the molecule is C#CCCC#Cc1cn([C@@H]2C[C@H](O)[C@@H](CO)O2)c2ncnc(N)c12. The van der Waals surface area contributed by atoms with Crippen LogP contribution in [0, 0.1) is 24.2 Å². The van der Waals surface area contributed by atoms with Crippen molar-refractivity contribution in [3.05, 3.63) is 18.1 Å². The lowest BCUT2D eigenvalue weighted by Gasteiger charge is -2.14. The molecule has 0 unspecified atom stereocenters. The number of aromatic nitrogens is 3. The minimum atomic E-state index is -0.734. The molecule has 3 rings (SSSR count). The van der Waals surface area contributed by atoms with E-state index in [1.54, 1.807) is 10.8 Å². The molecule has 2 aromatic heterocycles.